The topological polar surface area (TPSA) is 17.1 Å². The van der Waals surface area contributed by atoms with Gasteiger partial charge in [0.15, 0.2) is 0 Å². The second-order valence-electron chi connectivity index (χ2n) is 6.94. The van der Waals surface area contributed by atoms with Crippen LogP contribution in [0.1, 0.15) is 30.7 Å². The van der Waals surface area contributed by atoms with Crippen molar-refractivity contribution in [3.05, 3.63) is 66.2 Å². The molecule has 1 aliphatic rings. The van der Waals surface area contributed by atoms with Gasteiger partial charge in [0.25, 0.3) is 0 Å². The molecule has 1 saturated carbocycles. The summed E-state index contributed by atoms with van der Waals surface area (Å²) in [6.45, 7) is 4.86. The minimum Gasteiger partial charge on any atom is -0.299 e. The zero-order valence-corrected chi connectivity index (χ0v) is 14.5. The van der Waals surface area contributed by atoms with Gasteiger partial charge in [-0.3, -0.25) is 4.79 Å². The van der Waals surface area contributed by atoms with Gasteiger partial charge in [-0.25, -0.2) is 0 Å². The number of hydrogen-bond acceptors (Lipinski definition) is 1. The van der Waals surface area contributed by atoms with E-state index in [1.165, 1.54) is 17.2 Å². The van der Waals surface area contributed by atoms with E-state index in [-0.39, 0.29) is 5.92 Å². The molecule has 0 bridgehead atoms. The lowest BCUT2D eigenvalue weighted by atomic mass is 9.82. The van der Waals surface area contributed by atoms with Crippen LogP contribution in [0.15, 0.2) is 60.7 Å². The van der Waals surface area contributed by atoms with E-state index < -0.39 is 8.07 Å². The Morgan fingerprint density at radius 3 is 2.14 bits per heavy atom. The van der Waals surface area contributed by atoms with Gasteiger partial charge >= 0.3 is 0 Å². The number of Topliss-reactive ketones (excluding diaryl/α,β-unsaturated/α-hetero) is 1. The van der Waals surface area contributed by atoms with Crippen molar-refractivity contribution in [2.45, 2.75) is 43.8 Å². The highest BCUT2D eigenvalue weighted by molar-refractivity contribution is 6.91. The van der Waals surface area contributed by atoms with Gasteiger partial charge in [-0.05, 0) is 17.5 Å². The minimum absolute atomic E-state index is 0.0943. The van der Waals surface area contributed by atoms with Gasteiger partial charge in [0.2, 0.25) is 0 Å². The van der Waals surface area contributed by atoms with E-state index in [0.717, 1.165) is 12.8 Å². The third-order valence-electron chi connectivity index (χ3n) is 5.29. The Kier molecular flexibility index (Phi) is 4.30. The lowest BCUT2D eigenvalue weighted by molar-refractivity contribution is -0.121. The molecule has 114 valence electrons. The van der Waals surface area contributed by atoms with Gasteiger partial charge < -0.3 is 0 Å². The average Bonchev–Trinajstić information content (AvgIpc) is 2.56. The fourth-order valence-corrected chi connectivity index (χ4v) is 7.60. The summed E-state index contributed by atoms with van der Waals surface area (Å²) in [7, 11) is -1.69. The van der Waals surface area contributed by atoms with Crippen molar-refractivity contribution in [1.82, 2.24) is 0 Å². The Bertz CT molecular complexity index is 633. The Balaban J connectivity index is 2.01. The van der Waals surface area contributed by atoms with Crippen LogP contribution in [0.4, 0.5) is 0 Å². The van der Waals surface area contributed by atoms with Crippen LogP contribution in [0.3, 0.4) is 0 Å². The van der Waals surface area contributed by atoms with Crippen molar-refractivity contribution < 1.29 is 4.79 Å². The molecule has 0 aromatic heterocycles. The first-order valence-electron chi connectivity index (χ1n) is 8.24. The second kappa shape index (κ2) is 6.21. The molecule has 0 spiro atoms. The molecule has 1 fully saturated rings. The van der Waals surface area contributed by atoms with E-state index in [9.17, 15) is 4.79 Å². The van der Waals surface area contributed by atoms with Crippen LogP contribution in [-0.2, 0) is 4.79 Å². The molecule has 2 aromatic rings. The van der Waals surface area contributed by atoms with Crippen molar-refractivity contribution >= 4 is 19.0 Å². The molecule has 2 aromatic carbocycles. The lowest BCUT2D eigenvalue weighted by Crippen LogP contribution is -2.50. The van der Waals surface area contributed by atoms with Gasteiger partial charge in [0, 0.05) is 12.3 Å². The Hall–Kier alpha value is -1.67. The van der Waals surface area contributed by atoms with Crippen LogP contribution in [0.25, 0.3) is 0 Å². The van der Waals surface area contributed by atoms with Crippen molar-refractivity contribution in [3.8, 4) is 0 Å². The Morgan fingerprint density at radius 1 is 0.909 bits per heavy atom. The lowest BCUT2D eigenvalue weighted by Gasteiger charge is -2.41. The summed E-state index contributed by atoms with van der Waals surface area (Å²) >= 11 is 0. The molecular formula is C20H24OSi. The predicted octanol–water partition coefficient (Wildman–Crippen LogP) is 4.51. The summed E-state index contributed by atoms with van der Waals surface area (Å²) in [5.74, 6) is 0.538. The number of rotatable bonds is 3. The van der Waals surface area contributed by atoms with Crippen LogP contribution in [0.2, 0.25) is 18.6 Å². The van der Waals surface area contributed by atoms with E-state index in [1.54, 1.807) is 0 Å². The summed E-state index contributed by atoms with van der Waals surface area (Å²) in [6, 6.07) is 21.3. The number of carbonyl (C=O) groups excluding carboxylic acids is 1. The van der Waals surface area contributed by atoms with Crippen molar-refractivity contribution in [2.75, 3.05) is 0 Å². The molecule has 22 heavy (non-hydrogen) atoms. The Labute approximate surface area is 134 Å². The largest absolute Gasteiger partial charge is 0.299 e. The Morgan fingerprint density at radius 2 is 1.50 bits per heavy atom. The smallest absolute Gasteiger partial charge is 0.140 e. The number of ketones is 1. The molecule has 0 heterocycles. The normalized spacial score (nSPS) is 22.5. The summed E-state index contributed by atoms with van der Waals surface area (Å²) in [5, 5.41) is 1.47. The third-order valence-corrected chi connectivity index (χ3v) is 9.59. The minimum atomic E-state index is -1.69. The van der Waals surface area contributed by atoms with Crippen molar-refractivity contribution in [3.63, 3.8) is 0 Å². The molecule has 2 atom stereocenters. The van der Waals surface area contributed by atoms with Gasteiger partial charge in [-0.2, -0.15) is 0 Å². The molecule has 0 N–H and O–H groups in total. The van der Waals surface area contributed by atoms with E-state index in [4.69, 9.17) is 0 Å². The van der Waals surface area contributed by atoms with Gasteiger partial charge in [0.05, 0.1) is 8.07 Å². The van der Waals surface area contributed by atoms with E-state index in [0.29, 0.717) is 11.3 Å². The molecule has 3 rings (SSSR count). The average molecular weight is 308 g/mol. The van der Waals surface area contributed by atoms with Crippen LogP contribution in [0, 0.1) is 0 Å². The molecule has 0 aliphatic heterocycles. The molecule has 0 amide bonds. The van der Waals surface area contributed by atoms with Gasteiger partial charge in [-0.15, -0.1) is 0 Å². The molecular weight excluding hydrogens is 284 g/mol. The van der Waals surface area contributed by atoms with E-state index >= 15 is 0 Å². The maximum absolute atomic E-state index is 12.7. The summed E-state index contributed by atoms with van der Waals surface area (Å²) in [5.41, 5.74) is 1.72. The number of carbonyl (C=O) groups is 1. The highest BCUT2D eigenvalue weighted by Gasteiger charge is 2.43. The molecule has 1 aliphatic carbocycles. The summed E-state index contributed by atoms with van der Waals surface area (Å²) in [6.07, 6.45) is 2.98. The number of hydrogen-bond donors (Lipinski definition) is 0. The first-order chi connectivity index (χ1) is 10.6. The standard InChI is InChI=1S/C20H24OSi/c1-22(2,17-12-7-4-8-13-17)19-15-9-14-18(21)20(19)16-10-5-3-6-11-16/h3-8,10-13,19-20H,9,14-15H2,1-2H3/t19-,20+/m0/s1. The number of benzene rings is 2. The van der Waals surface area contributed by atoms with Crippen molar-refractivity contribution in [2.24, 2.45) is 0 Å². The van der Waals surface area contributed by atoms with Crippen LogP contribution in [-0.4, -0.2) is 13.9 Å². The fourth-order valence-electron chi connectivity index (χ4n) is 3.98. The third kappa shape index (κ3) is 2.80. The summed E-state index contributed by atoms with van der Waals surface area (Å²) < 4.78 is 0. The first-order valence-corrected chi connectivity index (χ1v) is 11.3. The van der Waals surface area contributed by atoms with Gasteiger partial charge in [-0.1, -0.05) is 85.4 Å². The highest BCUT2D eigenvalue weighted by Crippen LogP contribution is 2.45. The molecule has 2 heteroatoms. The molecule has 0 radical (unpaired) electrons. The van der Waals surface area contributed by atoms with Gasteiger partial charge in [0.1, 0.15) is 5.78 Å². The SMILES string of the molecule is C[Si](C)(c1ccccc1)[C@H]1CCCC(=O)[C@H]1c1ccccc1. The second-order valence-corrected chi connectivity index (χ2v) is 11.7. The fraction of sp³-hybridized carbons (Fsp3) is 0.350. The van der Waals surface area contributed by atoms with Crippen LogP contribution in [0.5, 0.6) is 0 Å². The molecule has 0 unspecified atom stereocenters. The first kappa shape index (κ1) is 15.2. The molecule has 1 nitrogen and oxygen atoms in total. The maximum atomic E-state index is 12.7. The zero-order valence-electron chi connectivity index (χ0n) is 13.5. The quantitative estimate of drug-likeness (QED) is 0.763. The van der Waals surface area contributed by atoms with E-state index in [2.05, 4.69) is 67.7 Å². The summed E-state index contributed by atoms with van der Waals surface area (Å²) in [4.78, 5) is 12.7. The van der Waals surface area contributed by atoms with E-state index in [1.807, 2.05) is 6.07 Å². The zero-order chi connectivity index (χ0) is 15.6. The molecule has 0 saturated heterocycles. The maximum Gasteiger partial charge on any atom is 0.140 e. The monoisotopic (exact) mass is 308 g/mol. The highest BCUT2D eigenvalue weighted by atomic mass is 28.3. The van der Waals surface area contributed by atoms with Crippen molar-refractivity contribution in [1.29, 1.82) is 0 Å². The predicted molar refractivity (Wildman–Crippen MR) is 95.3 cm³/mol. The van der Waals surface area contributed by atoms with Crippen LogP contribution >= 0.6 is 0 Å². The van der Waals surface area contributed by atoms with Crippen LogP contribution < -0.4 is 5.19 Å².